The number of para-hydroxylation sites is 1. The molecule has 68 valence electrons. The van der Waals surface area contributed by atoms with Crippen molar-refractivity contribution in [2.24, 2.45) is 5.92 Å². The van der Waals surface area contributed by atoms with Gasteiger partial charge in [0.2, 0.25) is 0 Å². The molecule has 0 radical (unpaired) electrons. The molecule has 3 rings (SSSR count). The first-order valence-corrected chi connectivity index (χ1v) is 4.76. The second-order valence-corrected chi connectivity index (χ2v) is 3.75. The molecule has 2 heterocycles. The van der Waals surface area contributed by atoms with Gasteiger partial charge in [-0.25, -0.2) is 0 Å². The third-order valence-corrected chi connectivity index (χ3v) is 2.79. The summed E-state index contributed by atoms with van der Waals surface area (Å²) in [4.78, 5) is 0. The first-order chi connectivity index (χ1) is 6.43. The smallest absolute Gasteiger partial charge is 0.122 e. The zero-order valence-corrected chi connectivity index (χ0v) is 7.40. The first kappa shape index (κ1) is 7.39. The zero-order valence-electron chi connectivity index (χ0n) is 7.40. The molecular formula is C11H12O2. The zero-order chi connectivity index (χ0) is 8.67. The highest BCUT2D eigenvalue weighted by atomic mass is 16.6. The summed E-state index contributed by atoms with van der Waals surface area (Å²) in [6.45, 7) is 1.75. The van der Waals surface area contributed by atoms with E-state index in [1.165, 1.54) is 5.56 Å². The summed E-state index contributed by atoms with van der Waals surface area (Å²) in [6, 6.07) is 8.27. The first-order valence-electron chi connectivity index (χ1n) is 4.76. The van der Waals surface area contributed by atoms with Crippen LogP contribution in [-0.2, 0) is 11.2 Å². The highest BCUT2D eigenvalue weighted by Crippen LogP contribution is 2.32. The molecule has 0 aliphatic carbocycles. The minimum atomic E-state index is 0.466. The summed E-state index contributed by atoms with van der Waals surface area (Å²) in [7, 11) is 0. The van der Waals surface area contributed by atoms with E-state index in [-0.39, 0.29) is 0 Å². The van der Waals surface area contributed by atoms with Crippen molar-refractivity contribution in [1.82, 2.24) is 0 Å². The third kappa shape index (κ3) is 1.31. The molecule has 0 spiro atoms. The second kappa shape index (κ2) is 2.74. The van der Waals surface area contributed by atoms with Gasteiger partial charge in [0.05, 0.1) is 19.3 Å². The lowest BCUT2D eigenvalue weighted by Gasteiger charge is -2.23. The molecule has 0 aromatic heterocycles. The van der Waals surface area contributed by atoms with E-state index >= 15 is 0 Å². The monoisotopic (exact) mass is 176 g/mol. The lowest BCUT2D eigenvalue weighted by molar-refractivity contribution is 0.188. The number of epoxide rings is 1. The Balaban J connectivity index is 1.85. The summed E-state index contributed by atoms with van der Waals surface area (Å²) < 4.78 is 10.9. The summed E-state index contributed by atoms with van der Waals surface area (Å²) in [6.07, 6.45) is 1.58. The van der Waals surface area contributed by atoms with Crippen molar-refractivity contribution >= 4 is 0 Å². The summed E-state index contributed by atoms with van der Waals surface area (Å²) in [5, 5.41) is 0. The minimum absolute atomic E-state index is 0.466. The third-order valence-electron chi connectivity index (χ3n) is 2.79. The number of fused-ring (bicyclic) bond motifs is 1. The quantitative estimate of drug-likeness (QED) is 0.607. The van der Waals surface area contributed by atoms with E-state index in [1.54, 1.807) is 0 Å². The van der Waals surface area contributed by atoms with E-state index < -0.39 is 0 Å². The van der Waals surface area contributed by atoms with Crippen LogP contribution in [0.25, 0.3) is 0 Å². The SMILES string of the molecule is c1ccc2c(c1)CC([C@H]1CO1)CO2. The van der Waals surface area contributed by atoms with Crippen LogP contribution in [-0.4, -0.2) is 19.3 Å². The fraction of sp³-hybridized carbons (Fsp3) is 0.455. The normalized spacial score (nSPS) is 30.5. The van der Waals surface area contributed by atoms with Crippen molar-refractivity contribution in [2.45, 2.75) is 12.5 Å². The van der Waals surface area contributed by atoms with Crippen molar-refractivity contribution in [3.05, 3.63) is 29.8 Å². The average Bonchev–Trinajstić information content (AvgIpc) is 3.00. The molecule has 13 heavy (non-hydrogen) atoms. The Morgan fingerprint density at radius 1 is 1.15 bits per heavy atom. The number of ether oxygens (including phenoxy) is 2. The molecule has 2 nitrogen and oxygen atoms in total. The maximum atomic E-state index is 5.66. The second-order valence-electron chi connectivity index (χ2n) is 3.75. The predicted octanol–water partition coefficient (Wildman–Crippen LogP) is 1.64. The fourth-order valence-electron chi connectivity index (χ4n) is 1.92. The summed E-state index contributed by atoms with van der Waals surface area (Å²) >= 11 is 0. The highest BCUT2D eigenvalue weighted by Gasteiger charge is 2.35. The van der Waals surface area contributed by atoms with Gasteiger partial charge < -0.3 is 9.47 Å². The Labute approximate surface area is 77.5 Å². The van der Waals surface area contributed by atoms with Gasteiger partial charge in [0.25, 0.3) is 0 Å². The van der Waals surface area contributed by atoms with Crippen LogP contribution in [0.15, 0.2) is 24.3 Å². The van der Waals surface area contributed by atoms with Crippen LogP contribution >= 0.6 is 0 Å². The lowest BCUT2D eigenvalue weighted by atomic mass is 9.94. The molecule has 0 bridgehead atoms. The number of hydrogen-bond donors (Lipinski definition) is 0. The molecule has 1 aromatic carbocycles. The predicted molar refractivity (Wildman–Crippen MR) is 48.9 cm³/mol. The van der Waals surface area contributed by atoms with Crippen LogP contribution in [0.5, 0.6) is 5.75 Å². The molecule has 2 atom stereocenters. The largest absolute Gasteiger partial charge is 0.493 e. The lowest BCUT2D eigenvalue weighted by Crippen LogP contribution is -2.25. The summed E-state index contributed by atoms with van der Waals surface area (Å²) in [5.74, 6) is 1.63. The van der Waals surface area contributed by atoms with Gasteiger partial charge in [0, 0.05) is 5.92 Å². The fourth-order valence-corrected chi connectivity index (χ4v) is 1.92. The average molecular weight is 176 g/mol. The molecule has 0 N–H and O–H groups in total. The molecule has 1 aromatic rings. The Hall–Kier alpha value is -1.02. The van der Waals surface area contributed by atoms with E-state index in [9.17, 15) is 0 Å². The maximum Gasteiger partial charge on any atom is 0.122 e. The molecular weight excluding hydrogens is 164 g/mol. The van der Waals surface area contributed by atoms with Crippen molar-refractivity contribution in [3.8, 4) is 5.75 Å². The standard InChI is InChI=1S/C11H12O2/c1-2-4-10-8(3-1)5-9(6-12-10)11-7-13-11/h1-4,9,11H,5-7H2/t9?,11-/m1/s1. The molecule has 1 saturated heterocycles. The van der Waals surface area contributed by atoms with Crippen LogP contribution in [0.1, 0.15) is 5.56 Å². The van der Waals surface area contributed by atoms with E-state index in [2.05, 4.69) is 12.1 Å². The molecule has 1 fully saturated rings. The molecule has 1 unspecified atom stereocenters. The van der Waals surface area contributed by atoms with Crippen molar-refractivity contribution in [2.75, 3.05) is 13.2 Å². The van der Waals surface area contributed by atoms with Crippen LogP contribution in [0.4, 0.5) is 0 Å². The molecule has 0 saturated carbocycles. The van der Waals surface area contributed by atoms with Crippen LogP contribution in [0, 0.1) is 5.92 Å². The number of hydrogen-bond acceptors (Lipinski definition) is 2. The Morgan fingerprint density at radius 2 is 2.00 bits per heavy atom. The van der Waals surface area contributed by atoms with Gasteiger partial charge in [-0.05, 0) is 18.1 Å². The molecule has 0 amide bonds. The van der Waals surface area contributed by atoms with E-state index in [4.69, 9.17) is 9.47 Å². The van der Waals surface area contributed by atoms with Gasteiger partial charge in [0.1, 0.15) is 5.75 Å². The van der Waals surface area contributed by atoms with Gasteiger partial charge in [0.15, 0.2) is 0 Å². The van der Waals surface area contributed by atoms with Gasteiger partial charge in [-0.2, -0.15) is 0 Å². The van der Waals surface area contributed by atoms with Crippen molar-refractivity contribution in [1.29, 1.82) is 0 Å². The van der Waals surface area contributed by atoms with Crippen LogP contribution < -0.4 is 4.74 Å². The van der Waals surface area contributed by atoms with Gasteiger partial charge in [-0.3, -0.25) is 0 Å². The maximum absolute atomic E-state index is 5.66. The van der Waals surface area contributed by atoms with Crippen molar-refractivity contribution in [3.63, 3.8) is 0 Å². The van der Waals surface area contributed by atoms with E-state index in [0.717, 1.165) is 25.4 Å². The van der Waals surface area contributed by atoms with Gasteiger partial charge >= 0.3 is 0 Å². The van der Waals surface area contributed by atoms with Crippen LogP contribution in [0.2, 0.25) is 0 Å². The number of rotatable bonds is 1. The minimum Gasteiger partial charge on any atom is -0.493 e. The van der Waals surface area contributed by atoms with Crippen molar-refractivity contribution < 1.29 is 9.47 Å². The molecule has 2 aliphatic rings. The summed E-state index contributed by atoms with van der Waals surface area (Å²) in [5.41, 5.74) is 1.33. The van der Waals surface area contributed by atoms with E-state index in [1.807, 2.05) is 12.1 Å². The van der Waals surface area contributed by atoms with Crippen LogP contribution in [0.3, 0.4) is 0 Å². The number of benzene rings is 1. The van der Waals surface area contributed by atoms with Gasteiger partial charge in [-0.1, -0.05) is 18.2 Å². The Morgan fingerprint density at radius 3 is 2.85 bits per heavy atom. The molecule has 2 heteroatoms. The van der Waals surface area contributed by atoms with E-state index in [0.29, 0.717) is 12.0 Å². The highest BCUT2D eigenvalue weighted by molar-refractivity contribution is 5.35. The topological polar surface area (TPSA) is 21.8 Å². The van der Waals surface area contributed by atoms with Gasteiger partial charge in [-0.15, -0.1) is 0 Å². The Kier molecular flexibility index (Phi) is 1.56. The Bertz CT molecular complexity index is 318. The molecule has 2 aliphatic heterocycles.